The predicted molar refractivity (Wildman–Crippen MR) is 139 cm³/mol. The second kappa shape index (κ2) is 11.0. The molecule has 196 valence electrons. The summed E-state index contributed by atoms with van der Waals surface area (Å²) < 4.78 is 32.5. The summed E-state index contributed by atoms with van der Waals surface area (Å²) in [6, 6.07) is 8.50. The van der Waals surface area contributed by atoms with E-state index in [1.54, 1.807) is 36.5 Å². The maximum atomic E-state index is 12.9. The molecule has 3 aromatic rings. The van der Waals surface area contributed by atoms with Crippen molar-refractivity contribution in [3.63, 3.8) is 0 Å². The van der Waals surface area contributed by atoms with E-state index in [0.717, 1.165) is 31.7 Å². The summed E-state index contributed by atoms with van der Waals surface area (Å²) in [5, 5.41) is 3.12. The van der Waals surface area contributed by atoms with Gasteiger partial charge >= 0.3 is 0 Å². The number of aromatic nitrogens is 5. The second-order valence-corrected chi connectivity index (χ2v) is 10.9. The molecule has 12 nitrogen and oxygen atoms in total. The molecule has 0 spiro atoms. The van der Waals surface area contributed by atoms with Gasteiger partial charge in [0, 0.05) is 57.4 Å². The fourth-order valence-electron chi connectivity index (χ4n) is 4.18. The summed E-state index contributed by atoms with van der Waals surface area (Å²) >= 11 is 0. The van der Waals surface area contributed by atoms with Crippen molar-refractivity contribution in [2.75, 3.05) is 69.7 Å². The van der Waals surface area contributed by atoms with Crippen LogP contribution in [-0.4, -0.2) is 102 Å². The normalized spacial score (nSPS) is 17.6. The molecule has 0 atom stereocenters. The number of ether oxygens (including phenoxy) is 1. The number of benzene rings is 1. The van der Waals surface area contributed by atoms with Gasteiger partial charge in [-0.2, -0.15) is 19.3 Å². The van der Waals surface area contributed by atoms with Gasteiger partial charge in [0.05, 0.1) is 23.8 Å². The minimum absolute atomic E-state index is 0.249. The Hall–Kier alpha value is -3.26. The van der Waals surface area contributed by atoms with Crippen LogP contribution in [0.3, 0.4) is 0 Å². The Bertz CT molecular complexity index is 1320. The fourth-order valence-corrected chi connectivity index (χ4v) is 5.59. The Balaban J connectivity index is 1.34. The van der Waals surface area contributed by atoms with Crippen LogP contribution in [0.15, 0.2) is 41.4 Å². The highest BCUT2D eigenvalue weighted by Crippen LogP contribution is 2.23. The van der Waals surface area contributed by atoms with Crippen LogP contribution in [0, 0.1) is 0 Å². The van der Waals surface area contributed by atoms with Crippen LogP contribution in [0.1, 0.15) is 12.7 Å². The molecule has 37 heavy (non-hydrogen) atoms. The van der Waals surface area contributed by atoms with Gasteiger partial charge in [0.15, 0.2) is 0 Å². The number of rotatable bonds is 7. The van der Waals surface area contributed by atoms with Crippen LogP contribution in [0.5, 0.6) is 0 Å². The van der Waals surface area contributed by atoms with Gasteiger partial charge in [-0.1, -0.05) is 19.1 Å². The van der Waals surface area contributed by atoms with Gasteiger partial charge in [-0.25, -0.2) is 18.4 Å². The third-order valence-corrected chi connectivity index (χ3v) is 8.32. The van der Waals surface area contributed by atoms with E-state index in [9.17, 15) is 8.42 Å². The summed E-state index contributed by atoms with van der Waals surface area (Å²) in [5.41, 5.74) is 1.42. The minimum Gasteiger partial charge on any atom is -0.379 e. The highest BCUT2D eigenvalue weighted by molar-refractivity contribution is 7.89. The van der Waals surface area contributed by atoms with Gasteiger partial charge in [0.25, 0.3) is 0 Å². The molecule has 1 N–H and O–H groups in total. The largest absolute Gasteiger partial charge is 0.379 e. The number of piperazine rings is 1. The summed E-state index contributed by atoms with van der Waals surface area (Å²) in [5.74, 6) is 2.08. The molecule has 0 amide bonds. The Kier molecular flexibility index (Phi) is 7.55. The number of nitrogens with zero attached hydrogens (tertiary/aromatic N) is 8. The zero-order valence-electron chi connectivity index (χ0n) is 21.0. The monoisotopic (exact) mass is 525 g/mol. The second-order valence-electron chi connectivity index (χ2n) is 8.95. The van der Waals surface area contributed by atoms with Gasteiger partial charge in [-0.05, 0) is 25.2 Å². The van der Waals surface area contributed by atoms with Gasteiger partial charge in [-0.15, -0.1) is 0 Å². The predicted octanol–water partition coefficient (Wildman–Crippen LogP) is 1.41. The smallest absolute Gasteiger partial charge is 0.243 e. The Morgan fingerprint density at radius 3 is 2.32 bits per heavy atom. The molecule has 0 unspecified atom stereocenters. The molecule has 0 saturated carbocycles. The van der Waals surface area contributed by atoms with Gasteiger partial charge in [0.2, 0.25) is 27.9 Å². The first-order chi connectivity index (χ1) is 17.9. The van der Waals surface area contributed by atoms with E-state index >= 15 is 0 Å². The molecule has 2 aliphatic heterocycles. The number of aryl methyl sites for hydroxylation is 1. The van der Waals surface area contributed by atoms with Crippen molar-refractivity contribution in [2.24, 2.45) is 0 Å². The van der Waals surface area contributed by atoms with Crippen molar-refractivity contribution in [2.45, 2.75) is 18.2 Å². The molecule has 4 heterocycles. The van der Waals surface area contributed by atoms with E-state index in [1.165, 1.54) is 4.31 Å². The topological polar surface area (TPSA) is 130 Å². The highest BCUT2D eigenvalue weighted by atomic mass is 32.2. The first-order valence-corrected chi connectivity index (χ1v) is 13.8. The third kappa shape index (κ3) is 5.85. The molecule has 2 saturated heterocycles. The average Bonchev–Trinajstić information content (AvgIpc) is 2.94. The lowest BCUT2D eigenvalue weighted by molar-refractivity contribution is 0.0730. The van der Waals surface area contributed by atoms with Crippen LogP contribution in [0.25, 0.3) is 11.3 Å². The summed E-state index contributed by atoms with van der Waals surface area (Å²) in [6.45, 7) is 7.15. The molecule has 2 aromatic heterocycles. The van der Waals surface area contributed by atoms with Gasteiger partial charge < -0.3 is 14.5 Å². The standard InChI is InChI=1S/C24H31N9O3S/c1-3-21-27-23(30-24(28-21)32-12-10-31(2)11-13-32)29-22-25-9-8-20(26-22)18-4-6-19(7-5-18)37(34,35)33-14-16-36-17-15-33/h4-9H,3,10-17H2,1-2H3,(H,25,26,27,28,29,30). The van der Waals surface area contributed by atoms with Crippen molar-refractivity contribution < 1.29 is 13.2 Å². The zero-order chi connectivity index (χ0) is 25.8. The molecule has 13 heteroatoms. The van der Waals surface area contributed by atoms with E-state index in [2.05, 4.69) is 47.1 Å². The Labute approximate surface area is 216 Å². The minimum atomic E-state index is -3.55. The number of sulfonamides is 1. The molecule has 2 aliphatic rings. The van der Waals surface area contributed by atoms with Crippen LogP contribution in [0.2, 0.25) is 0 Å². The molecule has 0 radical (unpaired) electrons. The van der Waals surface area contributed by atoms with E-state index < -0.39 is 10.0 Å². The lowest BCUT2D eigenvalue weighted by atomic mass is 10.1. The van der Waals surface area contributed by atoms with Crippen molar-refractivity contribution in [1.82, 2.24) is 34.1 Å². The lowest BCUT2D eigenvalue weighted by Crippen LogP contribution is -2.45. The van der Waals surface area contributed by atoms with Crippen LogP contribution >= 0.6 is 0 Å². The Morgan fingerprint density at radius 1 is 0.892 bits per heavy atom. The molecule has 1 aromatic carbocycles. The molecule has 0 bridgehead atoms. The highest BCUT2D eigenvalue weighted by Gasteiger charge is 2.26. The SMILES string of the molecule is CCc1nc(Nc2nccc(-c3ccc(S(=O)(=O)N4CCOCC4)cc3)n2)nc(N2CCN(C)CC2)n1. The van der Waals surface area contributed by atoms with Gasteiger partial charge in [0.1, 0.15) is 5.82 Å². The number of hydrogen-bond acceptors (Lipinski definition) is 11. The van der Waals surface area contributed by atoms with Crippen molar-refractivity contribution in [1.29, 1.82) is 0 Å². The van der Waals surface area contributed by atoms with Gasteiger partial charge in [-0.3, -0.25) is 5.32 Å². The molecule has 5 rings (SSSR count). The first kappa shape index (κ1) is 25.4. The van der Waals surface area contributed by atoms with Crippen molar-refractivity contribution in [3.05, 3.63) is 42.4 Å². The Morgan fingerprint density at radius 2 is 1.62 bits per heavy atom. The van der Waals surface area contributed by atoms with Crippen LogP contribution in [0.4, 0.5) is 17.8 Å². The number of anilines is 3. The lowest BCUT2D eigenvalue weighted by Gasteiger charge is -2.32. The van der Waals surface area contributed by atoms with E-state index in [-0.39, 0.29) is 4.90 Å². The maximum Gasteiger partial charge on any atom is 0.243 e. The quantitative estimate of drug-likeness (QED) is 0.480. The summed E-state index contributed by atoms with van der Waals surface area (Å²) in [6.07, 6.45) is 2.32. The van der Waals surface area contributed by atoms with Crippen molar-refractivity contribution >= 4 is 27.9 Å². The number of likely N-dealkylation sites (N-methyl/N-ethyl adjacent to an activating group) is 1. The number of morpholine rings is 1. The zero-order valence-corrected chi connectivity index (χ0v) is 21.9. The van der Waals surface area contributed by atoms with E-state index in [1.807, 2.05) is 6.92 Å². The van der Waals surface area contributed by atoms with E-state index in [0.29, 0.717) is 62.1 Å². The maximum absolute atomic E-state index is 12.9. The van der Waals surface area contributed by atoms with E-state index in [4.69, 9.17) is 4.74 Å². The molecule has 0 aliphatic carbocycles. The number of nitrogens with one attached hydrogen (secondary N) is 1. The average molecular weight is 526 g/mol. The van der Waals surface area contributed by atoms with Crippen molar-refractivity contribution in [3.8, 4) is 11.3 Å². The van der Waals surface area contributed by atoms with Crippen LogP contribution in [-0.2, 0) is 21.2 Å². The summed E-state index contributed by atoms with van der Waals surface area (Å²) in [4.78, 5) is 27.4. The molecule has 2 fully saturated rings. The molecular formula is C24H31N9O3S. The first-order valence-electron chi connectivity index (χ1n) is 12.4. The fraction of sp³-hybridized carbons (Fsp3) is 0.458. The summed E-state index contributed by atoms with van der Waals surface area (Å²) in [7, 11) is -1.45. The molecular weight excluding hydrogens is 494 g/mol. The van der Waals surface area contributed by atoms with Crippen LogP contribution < -0.4 is 10.2 Å². The third-order valence-electron chi connectivity index (χ3n) is 6.41. The number of hydrogen-bond donors (Lipinski definition) is 1.